The maximum atomic E-state index is 14.7. The van der Waals surface area contributed by atoms with Gasteiger partial charge >= 0.3 is 0 Å². The first kappa shape index (κ1) is 17.9. The summed E-state index contributed by atoms with van der Waals surface area (Å²) in [7, 11) is 0. The number of aliphatic imine (C=N–C) groups is 1. The highest BCUT2D eigenvalue weighted by molar-refractivity contribution is 8.13. The largest absolute Gasteiger partial charge is 0.379 e. The maximum absolute atomic E-state index is 14.7. The molecule has 0 bridgehead atoms. The van der Waals surface area contributed by atoms with Gasteiger partial charge < -0.3 is 11.1 Å². The summed E-state index contributed by atoms with van der Waals surface area (Å²) in [6.45, 7) is 0. The topological polar surface area (TPSA) is 80.4 Å². The van der Waals surface area contributed by atoms with E-state index in [0.717, 1.165) is 24.7 Å². The van der Waals surface area contributed by atoms with Crippen LogP contribution in [0.3, 0.4) is 0 Å². The molecule has 2 heterocycles. The molecule has 3 N–H and O–H groups in total. The minimum atomic E-state index is -0.714. The molecular weight excluding hydrogens is 370 g/mol. The number of anilines is 1. The molecule has 2 aromatic rings. The van der Waals surface area contributed by atoms with Crippen molar-refractivity contribution in [2.24, 2.45) is 16.6 Å². The number of pyridine rings is 1. The van der Waals surface area contributed by atoms with Crippen LogP contribution < -0.4 is 11.1 Å². The third kappa shape index (κ3) is 3.18. The van der Waals surface area contributed by atoms with Gasteiger partial charge in [0, 0.05) is 23.2 Å². The molecule has 140 valence electrons. The van der Waals surface area contributed by atoms with E-state index in [4.69, 9.17) is 5.73 Å². The number of nitrogens with zero attached hydrogens (tertiary/aromatic N) is 2. The molecule has 0 saturated heterocycles. The van der Waals surface area contributed by atoms with E-state index < -0.39 is 17.3 Å². The third-order valence-electron chi connectivity index (χ3n) is 5.19. The summed E-state index contributed by atoms with van der Waals surface area (Å²) >= 11 is 1.49. The van der Waals surface area contributed by atoms with Gasteiger partial charge in [0.1, 0.15) is 5.82 Å². The lowest BCUT2D eigenvalue weighted by atomic mass is 9.81. The number of amides is 1. The number of halogens is 2. The molecular formula is C19H18F2N4OS. The molecule has 2 aliphatic rings. The lowest BCUT2D eigenvalue weighted by molar-refractivity contribution is 0.101. The van der Waals surface area contributed by atoms with Crippen molar-refractivity contribution in [2.75, 3.05) is 11.1 Å². The van der Waals surface area contributed by atoms with Gasteiger partial charge in [-0.15, -0.1) is 0 Å². The molecule has 5 nitrogen and oxygen atoms in total. The van der Waals surface area contributed by atoms with Crippen LogP contribution in [0.1, 0.15) is 35.3 Å². The standard InChI is InChI=1S/C19H18F2N4OS/c20-14-6-5-12(24-17(26)16-15(21)4-2-8-23-16)9-13(14)19-7-1-3-11(19)10-27-18(22)25-19/h2,4-6,8-9,11H,1,3,7,10H2,(H2,22,25)(H,24,26). The van der Waals surface area contributed by atoms with Gasteiger partial charge in [-0.05, 0) is 49.1 Å². The highest BCUT2D eigenvalue weighted by Gasteiger charge is 2.48. The molecule has 0 radical (unpaired) electrons. The van der Waals surface area contributed by atoms with Crippen molar-refractivity contribution in [3.63, 3.8) is 0 Å². The van der Waals surface area contributed by atoms with E-state index in [-0.39, 0.29) is 17.4 Å². The van der Waals surface area contributed by atoms with Gasteiger partial charge in [-0.25, -0.2) is 13.8 Å². The van der Waals surface area contributed by atoms with Gasteiger partial charge in [0.25, 0.3) is 5.91 Å². The average Bonchev–Trinajstić information content (AvgIpc) is 3.07. The molecule has 1 aromatic carbocycles. The summed E-state index contributed by atoms with van der Waals surface area (Å²) in [6, 6.07) is 6.90. The fraction of sp³-hybridized carbons (Fsp3) is 0.316. The zero-order valence-corrected chi connectivity index (χ0v) is 15.2. The third-order valence-corrected chi connectivity index (χ3v) is 6.15. The summed E-state index contributed by atoms with van der Waals surface area (Å²) in [6.07, 6.45) is 3.95. The Morgan fingerprint density at radius 3 is 2.96 bits per heavy atom. The van der Waals surface area contributed by atoms with Gasteiger partial charge in [-0.2, -0.15) is 0 Å². The normalized spacial score (nSPS) is 24.2. The van der Waals surface area contributed by atoms with E-state index in [1.165, 1.54) is 36.2 Å². The van der Waals surface area contributed by atoms with Crippen LogP contribution in [0, 0.1) is 17.6 Å². The van der Waals surface area contributed by atoms with Gasteiger partial charge in [0.05, 0.1) is 5.54 Å². The predicted molar refractivity (Wildman–Crippen MR) is 102 cm³/mol. The van der Waals surface area contributed by atoms with Crippen LogP contribution >= 0.6 is 11.8 Å². The van der Waals surface area contributed by atoms with Crippen LogP contribution in [0.25, 0.3) is 0 Å². The SMILES string of the molecule is NC1=NC2(c3cc(NC(=O)c4ncccc4F)ccc3F)CCCC2CS1. The predicted octanol–water partition coefficient (Wildman–Crippen LogP) is 3.67. The Labute approximate surface area is 159 Å². The van der Waals surface area contributed by atoms with Crippen LogP contribution in [0.4, 0.5) is 14.5 Å². The van der Waals surface area contributed by atoms with Crippen molar-refractivity contribution in [3.8, 4) is 0 Å². The summed E-state index contributed by atoms with van der Waals surface area (Å²) in [4.78, 5) is 20.7. The molecule has 1 aliphatic carbocycles. The van der Waals surface area contributed by atoms with E-state index in [2.05, 4.69) is 15.3 Å². The van der Waals surface area contributed by atoms with Gasteiger partial charge in [0.2, 0.25) is 0 Å². The Hall–Kier alpha value is -2.48. The number of hydrogen-bond donors (Lipinski definition) is 2. The Kier molecular flexibility index (Phi) is 4.59. The molecule has 0 spiro atoms. The van der Waals surface area contributed by atoms with Crippen molar-refractivity contribution in [1.29, 1.82) is 0 Å². The Bertz CT molecular complexity index is 936. The molecule has 1 aliphatic heterocycles. The van der Waals surface area contributed by atoms with E-state index >= 15 is 0 Å². The second-order valence-electron chi connectivity index (χ2n) is 6.76. The van der Waals surface area contributed by atoms with Crippen LogP contribution in [-0.2, 0) is 5.54 Å². The van der Waals surface area contributed by atoms with Crippen molar-refractivity contribution in [1.82, 2.24) is 4.98 Å². The van der Waals surface area contributed by atoms with Crippen LogP contribution in [0.15, 0.2) is 41.5 Å². The summed E-state index contributed by atoms with van der Waals surface area (Å²) in [5, 5.41) is 3.06. The van der Waals surface area contributed by atoms with Gasteiger partial charge in [-0.3, -0.25) is 9.79 Å². The lowest BCUT2D eigenvalue weighted by Gasteiger charge is -2.36. The first-order valence-electron chi connectivity index (χ1n) is 8.69. The summed E-state index contributed by atoms with van der Waals surface area (Å²) < 4.78 is 28.5. The molecule has 27 heavy (non-hydrogen) atoms. The zero-order valence-electron chi connectivity index (χ0n) is 14.4. The fourth-order valence-corrected chi connectivity index (χ4v) is 4.98. The van der Waals surface area contributed by atoms with E-state index in [0.29, 0.717) is 22.8 Å². The number of aromatic nitrogens is 1. The maximum Gasteiger partial charge on any atom is 0.277 e. The van der Waals surface area contributed by atoms with Crippen LogP contribution in [0.2, 0.25) is 0 Å². The Morgan fingerprint density at radius 1 is 1.30 bits per heavy atom. The number of thioether (sulfide) groups is 1. The van der Waals surface area contributed by atoms with Crippen LogP contribution in [0.5, 0.6) is 0 Å². The van der Waals surface area contributed by atoms with Gasteiger partial charge in [0.15, 0.2) is 16.7 Å². The molecule has 1 saturated carbocycles. The van der Waals surface area contributed by atoms with E-state index in [1.807, 2.05) is 0 Å². The first-order chi connectivity index (χ1) is 13.0. The molecule has 1 aromatic heterocycles. The number of rotatable bonds is 3. The highest BCUT2D eigenvalue weighted by atomic mass is 32.2. The van der Waals surface area contributed by atoms with E-state index in [1.54, 1.807) is 6.07 Å². The van der Waals surface area contributed by atoms with Crippen molar-refractivity contribution < 1.29 is 13.6 Å². The summed E-state index contributed by atoms with van der Waals surface area (Å²) in [5.74, 6) is -0.789. The monoisotopic (exact) mass is 388 g/mol. The van der Waals surface area contributed by atoms with E-state index in [9.17, 15) is 13.6 Å². The van der Waals surface area contributed by atoms with Crippen molar-refractivity contribution in [3.05, 3.63) is 59.4 Å². The second kappa shape index (κ2) is 6.92. The lowest BCUT2D eigenvalue weighted by Crippen LogP contribution is -2.37. The number of benzene rings is 1. The average molecular weight is 388 g/mol. The van der Waals surface area contributed by atoms with Crippen LogP contribution in [-0.4, -0.2) is 21.8 Å². The molecule has 1 amide bonds. The quantitative estimate of drug-likeness (QED) is 0.841. The second-order valence-corrected chi connectivity index (χ2v) is 7.80. The smallest absolute Gasteiger partial charge is 0.277 e. The fourth-order valence-electron chi connectivity index (χ4n) is 3.94. The molecule has 1 fully saturated rings. The minimum absolute atomic E-state index is 0.198. The van der Waals surface area contributed by atoms with Crippen molar-refractivity contribution >= 4 is 28.5 Å². The molecule has 4 rings (SSSR count). The molecule has 8 heteroatoms. The number of carbonyl (C=O) groups is 1. The number of fused-ring (bicyclic) bond motifs is 1. The van der Waals surface area contributed by atoms with Gasteiger partial charge in [-0.1, -0.05) is 18.2 Å². The molecule has 2 unspecified atom stereocenters. The first-order valence-corrected chi connectivity index (χ1v) is 9.68. The Morgan fingerprint density at radius 2 is 2.15 bits per heavy atom. The zero-order chi connectivity index (χ0) is 19.0. The molecule has 2 atom stereocenters. The van der Waals surface area contributed by atoms with Crippen molar-refractivity contribution in [2.45, 2.75) is 24.8 Å². The highest BCUT2D eigenvalue weighted by Crippen LogP contribution is 2.51. The Balaban J connectivity index is 1.69. The number of carbonyl (C=O) groups excluding carboxylic acids is 1. The number of nitrogens with one attached hydrogen (secondary N) is 1. The number of hydrogen-bond acceptors (Lipinski definition) is 5. The number of nitrogens with two attached hydrogens (primary N) is 1. The summed E-state index contributed by atoms with van der Waals surface area (Å²) in [5.41, 5.74) is 5.73. The number of amidine groups is 1. The minimum Gasteiger partial charge on any atom is -0.379 e.